The molecule has 0 heterocycles. The van der Waals surface area contributed by atoms with Crippen LogP contribution in [0.15, 0.2) is 24.3 Å². The van der Waals surface area contributed by atoms with Gasteiger partial charge in [0, 0.05) is 0 Å². The van der Waals surface area contributed by atoms with E-state index in [1.807, 2.05) is 24.3 Å². The number of nitriles is 1. The monoisotopic (exact) mass is 263 g/mol. The third-order valence-electron chi connectivity index (χ3n) is 2.97. The summed E-state index contributed by atoms with van der Waals surface area (Å²) in [5.74, 6) is -0.0128. The van der Waals surface area contributed by atoms with Gasteiger partial charge in [0.15, 0.2) is 5.78 Å². The number of carbonyl (C=O) groups excluding carboxylic acids is 1. The first kappa shape index (κ1) is 10.4. The number of alkyl halides is 1. The van der Waals surface area contributed by atoms with E-state index in [0.717, 1.165) is 11.1 Å². The number of carbonyl (C=O) groups is 1. The molecule has 0 N–H and O–H groups in total. The molecule has 0 unspecified atom stereocenters. The Morgan fingerprint density at radius 1 is 1.40 bits per heavy atom. The summed E-state index contributed by atoms with van der Waals surface area (Å²) in [4.78, 5) is 11.8. The van der Waals surface area contributed by atoms with Crippen LogP contribution in [0.5, 0.6) is 0 Å². The van der Waals surface area contributed by atoms with Crippen molar-refractivity contribution in [3.05, 3.63) is 35.4 Å². The summed E-state index contributed by atoms with van der Waals surface area (Å²) in [5, 5.41) is 9.46. The highest BCUT2D eigenvalue weighted by Crippen LogP contribution is 2.37. The molecule has 3 heteroatoms. The second-order valence-corrected chi connectivity index (χ2v) is 4.43. The lowest BCUT2D eigenvalue weighted by molar-refractivity contribution is -0.122. The summed E-state index contributed by atoms with van der Waals surface area (Å²) >= 11 is 3.14. The number of hydrogen-bond donors (Lipinski definition) is 0. The summed E-state index contributed by atoms with van der Waals surface area (Å²) in [5.41, 5.74) is 1.44. The Bertz CT molecular complexity index is 422. The van der Waals surface area contributed by atoms with Gasteiger partial charge in [0.1, 0.15) is 5.41 Å². The molecule has 0 aromatic heterocycles. The third-order valence-corrected chi connectivity index (χ3v) is 3.48. The van der Waals surface area contributed by atoms with Crippen LogP contribution in [0.25, 0.3) is 0 Å². The van der Waals surface area contributed by atoms with Crippen molar-refractivity contribution < 1.29 is 4.79 Å². The number of halogens is 1. The minimum Gasteiger partial charge on any atom is -0.297 e. The molecule has 2 nitrogen and oxygen atoms in total. The van der Waals surface area contributed by atoms with Gasteiger partial charge in [0.25, 0.3) is 0 Å². The Balaban J connectivity index is 2.38. The molecular weight excluding hydrogens is 254 g/mol. The molecular formula is C12H10BrNO. The van der Waals surface area contributed by atoms with Crippen LogP contribution in [0.2, 0.25) is 0 Å². The van der Waals surface area contributed by atoms with Crippen LogP contribution in [0, 0.1) is 16.7 Å². The quantitative estimate of drug-likeness (QED) is 0.769. The number of fused-ring (bicyclic) bond motifs is 1. The Labute approximate surface area is 97.0 Å². The standard InChI is InChI=1S/C12H10BrNO/c13-7-11(15)12(8-14)5-9-3-1-2-4-10(9)6-12/h1-4H,5-7H2. The number of ketones is 1. The first-order valence-corrected chi connectivity index (χ1v) is 5.91. The van der Waals surface area contributed by atoms with Crippen molar-refractivity contribution in [3.63, 3.8) is 0 Å². The Morgan fingerprint density at radius 2 is 1.93 bits per heavy atom. The average molecular weight is 264 g/mol. The van der Waals surface area contributed by atoms with Gasteiger partial charge in [-0.3, -0.25) is 4.79 Å². The Kier molecular flexibility index (Phi) is 2.62. The molecule has 1 aromatic carbocycles. The topological polar surface area (TPSA) is 40.9 Å². The first-order valence-electron chi connectivity index (χ1n) is 4.79. The highest BCUT2D eigenvalue weighted by Gasteiger charge is 2.43. The van der Waals surface area contributed by atoms with Gasteiger partial charge >= 0.3 is 0 Å². The largest absolute Gasteiger partial charge is 0.297 e. The second kappa shape index (κ2) is 3.79. The van der Waals surface area contributed by atoms with Crippen molar-refractivity contribution in [2.24, 2.45) is 5.41 Å². The molecule has 1 aliphatic rings. The molecule has 1 aromatic rings. The molecule has 76 valence electrons. The van der Waals surface area contributed by atoms with Crippen LogP contribution in [0.3, 0.4) is 0 Å². The summed E-state index contributed by atoms with van der Waals surface area (Å²) in [6, 6.07) is 10.1. The minimum absolute atomic E-state index is 0.0128. The zero-order chi connectivity index (χ0) is 10.9. The lowest BCUT2D eigenvalue weighted by Gasteiger charge is -2.16. The lowest BCUT2D eigenvalue weighted by atomic mass is 9.83. The van der Waals surface area contributed by atoms with Crippen molar-refractivity contribution in [2.75, 3.05) is 5.33 Å². The molecule has 1 aliphatic carbocycles. The highest BCUT2D eigenvalue weighted by molar-refractivity contribution is 9.09. The van der Waals surface area contributed by atoms with E-state index in [-0.39, 0.29) is 11.1 Å². The van der Waals surface area contributed by atoms with E-state index >= 15 is 0 Å². The number of Topliss-reactive ketones (excluding diaryl/α,β-unsaturated/α-hetero) is 1. The zero-order valence-electron chi connectivity index (χ0n) is 8.16. The fourth-order valence-corrected chi connectivity index (χ4v) is 2.62. The van der Waals surface area contributed by atoms with E-state index < -0.39 is 5.41 Å². The van der Waals surface area contributed by atoms with Crippen molar-refractivity contribution >= 4 is 21.7 Å². The van der Waals surface area contributed by atoms with Gasteiger partial charge in [-0.1, -0.05) is 40.2 Å². The van der Waals surface area contributed by atoms with Gasteiger partial charge in [-0.05, 0) is 24.0 Å². The molecule has 0 amide bonds. The maximum absolute atomic E-state index is 11.8. The van der Waals surface area contributed by atoms with Gasteiger partial charge in [-0.2, -0.15) is 5.26 Å². The molecule has 0 saturated heterocycles. The highest BCUT2D eigenvalue weighted by atomic mass is 79.9. The molecule has 2 rings (SSSR count). The molecule has 0 saturated carbocycles. The summed E-state index contributed by atoms with van der Waals surface area (Å²) in [6.07, 6.45) is 1.12. The van der Waals surface area contributed by atoms with Gasteiger partial charge in [-0.15, -0.1) is 0 Å². The van der Waals surface area contributed by atoms with Crippen LogP contribution in [0.1, 0.15) is 11.1 Å². The van der Waals surface area contributed by atoms with Crippen LogP contribution >= 0.6 is 15.9 Å². The van der Waals surface area contributed by atoms with Crippen molar-refractivity contribution in [1.82, 2.24) is 0 Å². The van der Waals surface area contributed by atoms with Gasteiger partial charge in [0.2, 0.25) is 0 Å². The van der Waals surface area contributed by atoms with Crippen LogP contribution in [-0.4, -0.2) is 11.1 Å². The zero-order valence-corrected chi connectivity index (χ0v) is 9.75. The fraction of sp³-hybridized carbons (Fsp3) is 0.333. The molecule has 0 bridgehead atoms. The van der Waals surface area contributed by atoms with Crippen LogP contribution in [0.4, 0.5) is 0 Å². The summed E-state index contributed by atoms with van der Waals surface area (Å²) in [7, 11) is 0. The molecule has 0 fully saturated rings. The van der Waals surface area contributed by atoms with E-state index in [9.17, 15) is 10.1 Å². The molecule has 0 atom stereocenters. The molecule has 0 radical (unpaired) electrons. The predicted octanol–water partition coefficient (Wildman–Crippen LogP) is 2.26. The van der Waals surface area contributed by atoms with Gasteiger partial charge in [0.05, 0.1) is 11.4 Å². The van der Waals surface area contributed by atoms with Crippen molar-refractivity contribution in [1.29, 1.82) is 5.26 Å². The number of hydrogen-bond acceptors (Lipinski definition) is 2. The van der Waals surface area contributed by atoms with E-state index in [4.69, 9.17) is 0 Å². The van der Waals surface area contributed by atoms with Gasteiger partial charge in [-0.25, -0.2) is 0 Å². The SMILES string of the molecule is N#CC1(C(=O)CBr)Cc2ccccc2C1. The van der Waals surface area contributed by atoms with E-state index in [1.54, 1.807) is 0 Å². The number of nitrogens with zero attached hydrogens (tertiary/aromatic N) is 1. The Hall–Kier alpha value is -1.14. The van der Waals surface area contributed by atoms with E-state index in [1.165, 1.54) is 0 Å². The molecule has 0 aliphatic heterocycles. The number of rotatable bonds is 2. The average Bonchev–Trinajstić information content (AvgIpc) is 2.67. The van der Waals surface area contributed by atoms with E-state index in [2.05, 4.69) is 22.0 Å². The number of benzene rings is 1. The second-order valence-electron chi connectivity index (χ2n) is 3.87. The van der Waals surface area contributed by atoms with Crippen molar-refractivity contribution in [2.45, 2.75) is 12.8 Å². The summed E-state index contributed by atoms with van der Waals surface area (Å²) in [6.45, 7) is 0. The van der Waals surface area contributed by atoms with Gasteiger partial charge < -0.3 is 0 Å². The molecule has 15 heavy (non-hydrogen) atoms. The maximum Gasteiger partial charge on any atom is 0.164 e. The molecule has 0 spiro atoms. The normalized spacial score (nSPS) is 16.8. The summed E-state index contributed by atoms with van der Waals surface area (Å²) < 4.78 is 0. The van der Waals surface area contributed by atoms with E-state index in [0.29, 0.717) is 12.8 Å². The third kappa shape index (κ3) is 1.59. The minimum atomic E-state index is -0.826. The van der Waals surface area contributed by atoms with Crippen LogP contribution in [-0.2, 0) is 17.6 Å². The maximum atomic E-state index is 11.8. The van der Waals surface area contributed by atoms with Crippen molar-refractivity contribution in [3.8, 4) is 6.07 Å². The Morgan fingerprint density at radius 3 is 2.33 bits per heavy atom. The predicted molar refractivity (Wildman–Crippen MR) is 60.7 cm³/mol. The fourth-order valence-electron chi connectivity index (χ4n) is 2.08. The lowest BCUT2D eigenvalue weighted by Crippen LogP contribution is -2.31. The smallest absolute Gasteiger partial charge is 0.164 e. The first-order chi connectivity index (χ1) is 7.22. The van der Waals surface area contributed by atoms with Crippen LogP contribution < -0.4 is 0 Å².